The number of aromatic amines is 1. The van der Waals surface area contributed by atoms with Crippen LogP contribution in [0.25, 0.3) is 11.3 Å². The lowest BCUT2D eigenvalue weighted by Crippen LogP contribution is -1.89. The van der Waals surface area contributed by atoms with Gasteiger partial charge in [-0.05, 0) is 13.0 Å². The van der Waals surface area contributed by atoms with E-state index < -0.39 is 6.10 Å². The van der Waals surface area contributed by atoms with Crippen LogP contribution in [-0.4, -0.2) is 15.3 Å². The van der Waals surface area contributed by atoms with Gasteiger partial charge >= 0.3 is 0 Å². The minimum atomic E-state index is -0.500. The molecule has 0 aliphatic heterocycles. The molecule has 0 saturated carbocycles. The fourth-order valence-corrected chi connectivity index (χ4v) is 1.31. The molecule has 1 heterocycles. The van der Waals surface area contributed by atoms with Crippen molar-refractivity contribution in [3.8, 4) is 11.3 Å². The molecule has 1 atom stereocenters. The highest BCUT2D eigenvalue weighted by Crippen LogP contribution is 2.19. The normalized spacial score (nSPS) is 12.7. The second-order valence-corrected chi connectivity index (χ2v) is 3.25. The average Bonchev–Trinajstić information content (AvgIpc) is 2.68. The SMILES string of the molecule is C[C@H](O)c1cc(-c2ccccc2)n[nH]1. The van der Waals surface area contributed by atoms with Crippen LogP contribution in [0.4, 0.5) is 0 Å². The van der Waals surface area contributed by atoms with Gasteiger partial charge in [0.25, 0.3) is 0 Å². The summed E-state index contributed by atoms with van der Waals surface area (Å²) in [6.07, 6.45) is -0.500. The van der Waals surface area contributed by atoms with E-state index in [-0.39, 0.29) is 0 Å². The zero-order chi connectivity index (χ0) is 9.97. The van der Waals surface area contributed by atoms with Crippen LogP contribution in [0.15, 0.2) is 36.4 Å². The Hall–Kier alpha value is -1.61. The largest absolute Gasteiger partial charge is 0.387 e. The Morgan fingerprint density at radius 2 is 2.00 bits per heavy atom. The number of hydrogen-bond donors (Lipinski definition) is 2. The summed E-state index contributed by atoms with van der Waals surface area (Å²) in [6.45, 7) is 1.71. The quantitative estimate of drug-likeness (QED) is 0.758. The van der Waals surface area contributed by atoms with Crippen molar-refractivity contribution < 1.29 is 5.11 Å². The molecule has 0 spiro atoms. The summed E-state index contributed by atoms with van der Waals surface area (Å²) in [4.78, 5) is 0. The Morgan fingerprint density at radius 1 is 1.29 bits per heavy atom. The van der Waals surface area contributed by atoms with Crippen LogP contribution in [0, 0.1) is 0 Å². The lowest BCUT2D eigenvalue weighted by atomic mass is 10.1. The van der Waals surface area contributed by atoms with E-state index in [0.717, 1.165) is 17.0 Å². The Kier molecular flexibility index (Phi) is 2.33. The van der Waals surface area contributed by atoms with Crippen molar-refractivity contribution >= 4 is 0 Å². The minimum absolute atomic E-state index is 0.500. The van der Waals surface area contributed by atoms with Gasteiger partial charge in [0.05, 0.1) is 17.5 Å². The van der Waals surface area contributed by atoms with Gasteiger partial charge in [-0.2, -0.15) is 5.10 Å². The standard InChI is InChI=1S/C11H12N2O/c1-8(14)10-7-11(13-12-10)9-5-3-2-4-6-9/h2-8,14H,1H3,(H,12,13)/t8-/m0/s1. The van der Waals surface area contributed by atoms with Crippen LogP contribution in [-0.2, 0) is 0 Å². The Balaban J connectivity index is 2.34. The molecule has 14 heavy (non-hydrogen) atoms. The Bertz CT molecular complexity index is 406. The van der Waals surface area contributed by atoms with Gasteiger partial charge in [-0.25, -0.2) is 0 Å². The molecule has 1 aromatic heterocycles. The van der Waals surface area contributed by atoms with Gasteiger partial charge in [-0.15, -0.1) is 0 Å². The molecule has 2 aromatic rings. The van der Waals surface area contributed by atoms with Crippen molar-refractivity contribution in [3.63, 3.8) is 0 Å². The number of hydrogen-bond acceptors (Lipinski definition) is 2. The number of H-pyrrole nitrogens is 1. The fraction of sp³-hybridized carbons (Fsp3) is 0.182. The summed E-state index contributed by atoms with van der Waals surface area (Å²) in [5, 5.41) is 16.2. The molecule has 0 fully saturated rings. The number of aliphatic hydroxyl groups is 1. The summed E-state index contributed by atoms with van der Waals surface area (Å²) in [5.74, 6) is 0. The maximum Gasteiger partial charge on any atom is 0.0926 e. The molecule has 1 aromatic carbocycles. The second-order valence-electron chi connectivity index (χ2n) is 3.25. The molecule has 3 nitrogen and oxygen atoms in total. The molecule has 0 aliphatic carbocycles. The smallest absolute Gasteiger partial charge is 0.0926 e. The first-order chi connectivity index (χ1) is 6.77. The molecule has 2 N–H and O–H groups in total. The fourth-order valence-electron chi connectivity index (χ4n) is 1.31. The number of nitrogens with zero attached hydrogens (tertiary/aromatic N) is 1. The van der Waals surface area contributed by atoms with Gasteiger partial charge in [0.2, 0.25) is 0 Å². The van der Waals surface area contributed by atoms with E-state index in [1.165, 1.54) is 0 Å². The predicted octanol–water partition coefficient (Wildman–Crippen LogP) is 2.13. The predicted molar refractivity (Wildman–Crippen MR) is 54.7 cm³/mol. The Labute approximate surface area is 82.4 Å². The summed E-state index contributed by atoms with van der Waals surface area (Å²) in [7, 11) is 0. The maximum absolute atomic E-state index is 9.31. The average molecular weight is 188 g/mol. The van der Waals surface area contributed by atoms with E-state index in [2.05, 4.69) is 10.2 Å². The van der Waals surface area contributed by atoms with Crippen molar-refractivity contribution in [3.05, 3.63) is 42.1 Å². The van der Waals surface area contributed by atoms with E-state index in [1.807, 2.05) is 36.4 Å². The van der Waals surface area contributed by atoms with Crippen LogP contribution in [0.3, 0.4) is 0 Å². The van der Waals surface area contributed by atoms with Crippen LogP contribution in [0.2, 0.25) is 0 Å². The van der Waals surface area contributed by atoms with Crippen LogP contribution >= 0.6 is 0 Å². The molecule has 0 amide bonds. The van der Waals surface area contributed by atoms with E-state index in [4.69, 9.17) is 0 Å². The van der Waals surface area contributed by atoms with Crippen LogP contribution in [0.5, 0.6) is 0 Å². The number of aromatic nitrogens is 2. The van der Waals surface area contributed by atoms with Crippen LogP contribution in [0.1, 0.15) is 18.7 Å². The summed E-state index contributed by atoms with van der Waals surface area (Å²) >= 11 is 0. The van der Waals surface area contributed by atoms with Crippen LogP contribution < -0.4 is 0 Å². The summed E-state index contributed by atoms with van der Waals surface area (Å²) in [6, 6.07) is 11.7. The third-order valence-electron chi connectivity index (χ3n) is 2.12. The third kappa shape index (κ3) is 1.67. The summed E-state index contributed by atoms with van der Waals surface area (Å²) in [5.41, 5.74) is 2.65. The van der Waals surface area contributed by atoms with Gasteiger partial charge in [-0.1, -0.05) is 30.3 Å². The van der Waals surface area contributed by atoms with Crippen molar-refractivity contribution in [2.75, 3.05) is 0 Å². The zero-order valence-electron chi connectivity index (χ0n) is 7.94. The van der Waals surface area contributed by atoms with Crippen molar-refractivity contribution in [1.29, 1.82) is 0 Å². The molecule has 3 heteroatoms. The molecule has 2 rings (SSSR count). The number of rotatable bonds is 2. The molecule has 0 saturated heterocycles. The second kappa shape index (κ2) is 3.64. The van der Waals surface area contributed by atoms with E-state index >= 15 is 0 Å². The van der Waals surface area contributed by atoms with E-state index in [0.29, 0.717) is 0 Å². The first-order valence-electron chi connectivity index (χ1n) is 4.56. The topological polar surface area (TPSA) is 48.9 Å². The molecule has 0 aliphatic rings. The van der Waals surface area contributed by atoms with Gasteiger partial charge in [0.15, 0.2) is 0 Å². The lowest BCUT2D eigenvalue weighted by Gasteiger charge is -1.96. The zero-order valence-corrected chi connectivity index (χ0v) is 7.94. The molecule has 0 radical (unpaired) electrons. The first-order valence-corrected chi connectivity index (χ1v) is 4.56. The highest BCUT2D eigenvalue weighted by Gasteiger charge is 2.06. The number of benzene rings is 1. The lowest BCUT2D eigenvalue weighted by molar-refractivity contribution is 0.194. The van der Waals surface area contributed by atoms with Crippen molar-refractivity contribution in [1.82, 2.24) is 10.2 Å². The Morgan fingerprint density at radius 3 is 2.57 bits per heavy atom. The van der Waals surface area contributed by atoms with Crippen molar-refractivity contribution in [2.24, 2.45) is 0 Å². The molecule has 0 bridgehead atoms. The highest BCUT2D eigenvalue weighted by molar-refractivity contribution is 5.58. The molecular formula is C11H12N2O. The third-order valence-corrected chi connectivity index (χ3v) is 2.12. The highest BCUT2D eigenvalue weighted by atomic mass is 16.3. The first kappa shape index (κ1) is 8.97. The number of aliphatic hydroxyl groups excluding tert-OH is 1. The summed E-state index contributed by atoms with van der Waals surface area (Å²) < 4.78 is 0. The maximum atomic E-state index is 9.31. The van der Waals surface area contributed by atoms with Gasteiger partial charge in [0, 0.05) is 5.56 Å². The molecule has 0 unspecified atom stereocenters. The van der Waals surface area contributed by atoms with Gasteiger partial charge < -0.3 is 5.11 Å². The molecule has 72 valence electrons. The minimum Gasteiger partial charge on any atom is -0.387 e. The van der Waals surface area contributed by atoms with E-state index in [1.54, 1.807) is 6.92 Å². The van der Waals surface area contributed by atoms with Crippen molar-refractivity contribution in [2.45, 2.75) is 13.0 Å². The number of nitrogens with one attached hydrogen (secondary N) is 1. The molecular weight excluding hydrogens is 176 g/mol. The van der Waals surface area contributed by atoms with Gasteiger partial charge in [-0.3, -0.25) is 5.10 Å². The van der Waals surface area contributed by atoms with E-state index in [9.17, 15) is 5.11 Å². The van der Waals surface area contributed by atoms with Gasteiger partial charge in [0.1, 0.15) is 0 Å². The monoisotopic (exact) mass is 188 g/mol.